The SMILES string of the molecule is [C-]#[N+]c1c(-c2c(-c3ccc4c(=O)[nH]cc(CNC(=O)OC(C)(C)C)c4c3)cnn2C)cc(C)c2ccccc12. The highest BCUT2D eigenvalue weighted by Gasteiger charge is 2.20. The highest BCUT2D eigenvalue weighted by Crippen LogP contribution is 2.42. The average molecular weight is 520 g/mol. The minimum absolute atomic E-state index is 0.178. The van der Waals surface area contributed by atoms with Crippen molar-refractivity contribution in [1.82, 2.24) is 20.1 Å². The fourth-order valence-corrected chi connectivity index (χ4v) is 4.92. The van der Waals surface area contributed by atoms with Crippen molar-refractivity contribution in [3.63, 3.8) is 0 Å². The van der Waals surface area contributed by atoms with E-state index in [1.54, 1.807) is 43.9 Å². The van der Waals surface area contributed by atoms with Gasteiger partial charge in [0.05, 0.1) is 18.5 Å². The number of carbonyl (C=O) groups excluding carboxylic acids is 1. The van der Waals surface area contributed by atoms with Crippen molar-refractivity contribution in [3.05, 3.63) is 93.8 Å². The number of alkyl carbamates (subject to hydrolysis) is 1. The van der Waals surface area contributed by atoms with E-state index in [0.717, 1.165) is 44.3 Å². The number of pyridine rings is 1. The first-order chi connectivity index (χ1) is 18.6. The van der Waals surface area contributed by atoms with Crippen LogP contribution in [0.2, 0.25) is 0 Å². The fourth-order valence-electron chi connectivity index (χ4n) is 4.92. The van der Waals surface area contributed by atoms with Crippen LogP contribution in [0.4, 0.5) is 10.5 Å². The molecule has 8 nitrogen and oxygen atoms in total. The molecule has 8 heteroatoms. The van der Waals surface area contributed by atoms with E-state index in [2.05, 4.69) is 20.2 Å². The lowest BCUT2D eigenvalue weighted by Gasteiger charge is -2.20. The number of fused-ring (bicyclic) bond motifs is 2. The normalized spacial score (nSPS) is 11.5. The zero-order valence-corrected chi connectivity index (χ0v) is 22.5. The van der Waals surface area contributed by atoms with Gasteiger partial charge < -0.3 is 15.0 Å². The van der Waals surface area contributed by atoms with Crippen LogP contribution in [0.1, 0.15) is 31.9 Å². The van der Waals surface area contributed by atoms with Gasteiger partial charge in [-0.25, -0.2) is 9.64 Å². The van der Waals surface area contributed by atoms with Crippen molar-refractivity contribution in [2.45, 2.75) is 39.8 Å². The number of aromatic amines is 1. The van der Waals surface area contributed by atoms with Crippen LogP contribution in [0.3, 0.4) is 0 Å². The maximum atomic E-state index is 12.6. The number of amides is 1. The first kappa shape index (κ1) is 25.7. The highest BCUT2D eigenvalue weighted by atomic mass is 16.6. The van der Waals surface area contributed by atoms with E-state index in [-0.39, 0.29) is 12.1 Å². The number of aryl methyl sites for hydroxylation is 2. The number of rotatable bonds is 4. The van der Waals surface area contributed by atoms with Gasteiger partial charge in [-0.3, -0.25) is 9.48 Å². The van der Waals surface area contributed by atoms with Crippen LogP contribution >= 0.6 is 0 Å². The van der Waals surface area contributed by atoms with Gasteiger partial charge in [0.15, 0.2) is 0 Å². The first-order valence-electron chi connectivity index (χ1n) is 12.6. The summed E-state index contributed by atoms with van der Waals surface area (Å²) in [6.07, 6.45) is 2.85. The van der Waals surface area contributed by atoms with Gasteiger partial charge in [-0.05, 0) is 72.7 Å². The standard InChI is InChI=1S/C31H29N5O3/c1-18-13-25(27(32-5)22-10-8-7-9-21(18)22)28-26(17-35-36(28)6)19-11-12-23-24(14-19)20(15-33-29(23)37)16-34-30(38)39-31(2,3)4/h7-15,17H,16H2,1-4,6H3,(H,33,37)(H,34,38). The van der Waals surface area contributed by atoms with Crippen molar-refractivity contribution in [1.29, 1.82) is 0 Å². The Kier molecular flexibility index (Phi) is 6.44. The molecule has 1 amide bonds. The molecule has 2 heterocycles. The lowest BCUT2D eigenvalue weighted by molar-refractivity contribution is 0.0523. The number of nitrogens with zero attached hydrogens (tertiary/aromatic N) is 3. The Hall–Kier alpha value is -4.90. The second kappa shape index (κ2) is 9.76. The molecule has 3 aromatic carbocycles. The lowest BCUT2D eigenvalue weighted by Crippen LogP contribution is -2.32. The largest absolute Gasteiger partial charge is 0.444 e. The summed E-state index contributed by atoms with van der Waals surface area (Å²) < 4.78 is 7.14. The molecule has 5 aromatic rings. The predicted molar refractivity (Wildman–Crippen MR) is 154 cm³/mol. The summed E-state index contributed by atoms with van der Waals surface area (Å²) in [5.41, 5.74) is 4.84. The number of benzene rings is 3. The summed E-state index contributed by atoms with van der Waals surface area (Å²) in [7, 11) is 1.86. The Bertz CT molecular complexity index is 1850. The van der Waals surface area contributed by atoms with Crippen LogP contribution in [0.25, 0.3) is 48.8 Å². The summed E-state index contributed by atoms with van der Waals surface area (Å²) in [6.45, 7) is 15.6. The van der Waals surface area contributed by atoms with E-state index in [1.807, 2.05) is 56.4 Å². The molecule has 0 atom stereocenters. The summed E-state index contributed by atoms with van der Waals surface area (Å²) in [6, 6.07) is 15.6. The number of carbonyl (C=O) groups is 1. The van der Waals surface area contributed by atoms with E-state index >= 15 is 0 Å². The lowest BCUT2D eigenvalue weighted by atomic mass is 9.93. The molecule has 0 aliphatic carbocycles. The second-order valence-electron chi connectivity index (χ2n) is 10.5. The van der Waals surface area contributed by atoms with Crippen molar-refractivity contribution in [3.8, 4) is 22.4 Å². The van der Waals surface area contributed by atoms with Gasteiger partial charge in [-0.1, -0.05) is 36.4 Å². The monoisotopic (exact) mass is 519 g/mol. The topological polar surface area (TPSA) is 93.4 Å². The molecule has 0 bridgehead atoms. The summed E-state index contributed by atoms with van der Waals surface area (Å²) in [5.74, 6) is 0. The van der Waals surface area contributed by atoms with Gasteiger partial charge in [0, 0.05) is 36.3 Å². The molecule has 0 radical (unpaired) electrons. The minimum Gasteiger partial charge on any atom is -0.444 e. The molecular weight excluding hydrogens is 490 g/mol. The first-order valence-corrected chi connectivity index (χ1v) is 12.6. The molecule has 0 aliphatic rings. The molecular formula is C31H29N5O3. The third-order valence-electron chi connectivity index (χ3n) is 6.65. The van der Waals surface area contributed by atoms with Crippen LogP contribution in [0.15, 0.2) is 65.7 Å². The molecule has 0 unspecified atom stereocenters. The third kappa shape index (κ3) is 4.87. The maximum Gasteiger partial charge on any atom is 0.407 e. The Labute approximate surface area is 226 Å². The van der Waals surface area contributed by atoms with Gasteiger partial charge >= 0.3 is 6.09 Å². The van der Waals surface area contributed by atoms with Crippen LogP contribution in [0, 0.1) is 13.5 Å². The molecule has 196 valence electrons. The van der Waals surface area contributed by atoms with Gasteiger partial charge in [0.25, 0.3) is 5.56 Å². The van der Waals surface area contributed by atoms with E-state index in [1.165, 1.54) is 0 Å². The maximum absolute atomic E-state index is 12.6. The van der Waals surface area contributed by atoms with E-state index in [0.29, 0.717) is 16.5 Å². The van der Waals surface area contributed by atoms with E-state index in [4.69, 9.17) is 11.3 Å². The molecule has 0 saturated carbocycles. The molecule has 2 aromatic heterocycles. The molecule has 39 heavy (non-hydrogen) atoms. The second-order valence-corrected chi connectivity index (χ2v) is 10.5. The Balaban J connectivity index is 1.63. The Morgan fingerprint density at radius 1 is 1.08 bits per heavy atom. The number of aromatic nitrogens is 3. The average Bonchev–Trinajstić information content (AvgIpc) is 3.28. The molecule has 0 fully saturated rings. The molecule has 2 N–H and O–H groups in total. The van der Waals surface area contributed by atoms with Crippen LogP contribution < -0.4 is 10.9 Å². The molecule has 0 saturated heterocycles. The number of H-pyrrole nitrogens is 1. The fraction of sp³-hybridized carbons (Fsp3) is 0.226. The van der Waals surface area contributed by atoms with Crippen molar-refractivity contribution < 1.29 is 9.53 Å². The molecule has 5 rings (SSSR count). The van der Waals surface area contributed by atoms with E-state index in [9.17, 15) is 9.59 Å². The molecule has 0 spiro atoms. The smallest absolute Gasteiger partial charge is 0.407 e. The van der Waals surface area contributed by atoms with Gasteiger partial charge in [0.2, 0.25) is 5.69 Å². The summed E-state index contributed by atoms with van der Waals surface area (Å²) >= 11 is 0. The summed E-state index contributed by atoms with van der Waals surface area (Å²) in [4.78, 5) is 31.6. The highest BCUT2D eigenvalue weighted by molar-refractivity contribution is 6.05. The zero-order chi connectivity index (χ0) is 27.9. The zero-order valence-electron chi connectivity index (χ0n) is 22.5. The molecule has 0 aliphatic heterocycles. The van der Waals surface area contributed by atoms with Crippen molar-refractivity contribution >= 4 is 33.3 Å². The third-order valence-corrected chi connectivity index (χ3v) is 6.65. The van der Waals surface area contributed by atoms with Crippen LogP contribution in [0.5, 0.6) is 0 Å². The van der Waals surface area contributed by atoms with Crippen molar-refractivity contribution in [2.24, 2.45) is 7.05 Å². The minimum atomic E-state index is -0.619. The van der Waals surface area contributed by atoms with E-state index < -0.39 is 11.7 Å². The number of nitrogens with one attached hydrogen (secondary N) is 2. The van der Waals surface area contributed by atoms with Crippen LogP contribution in [-0.4, -0.2) is 26.5 Å². The Morgan fingerprint density at radius 3 is 2.54 bits per heavy atom. The van der Waals surface area contributed by atoms with Crippen LogP contribution in [-0.2, 0) is 18.3 Å². The number of hydrogen-bond donors (Lipinski definition) is 2. The number of ether oxygens (including phenoxy) is 1. The van der Waals surface area contributed by atoms with Crippen molar-refractivity contribution in [2.75, 3.05) is 0 Å². The van der Waals surface area contributed by atoms with Gasteiger partial charge in [0.1, 0.15) is 5.60 Å². The van der Waals surface area contributed by atoms with Gasteiger partial charge in [-0.15, -0.1) is 0 Å². The number of hydrogen-bond acceptors (Lipinski definition) is 4. The van der Waals surface area contributed by atoms with Gasteiger partial charge in [-0.2, -0.15) is 5.10 Å². The summed E-state index contributed by atoms with van der Waals surface area (Å²) in [5, 5.41) is 10.5. The Morgan fingerprint density at radius 2 is 1.82 bits per heavy atom. The predicted octanol–water partition coefficient (Wildman–Crippen LogP) is 6.63. The quantitative estimate of drug-likeness (QED) is 0.261.